The van der Waals surface area contributed by atoms with E-state index in [2.05, 4.69) is 133 Å². The van der Waals surface area contributed by atoms with Gasteiger partial charge in [-0.25, -0.2) is 0 Å². The first kappa shape index (κ1) is 19.5. The maximum atomic E-state index is 2.22. The minimum atomic E-state index is 1.10. The summed E-state index contributed by atoms with van der Waals surface area (Å²) in [5, 5.41) is 5.20. The molecule has 1 aliphatic rings. The first-order valence-electron chi connectivity index (χ1n) is 11.5. The van der Waals surface area contributed by atoms with E-state index in [9.17, 15) is 0 Å². The maximum Gasteiger partial charge on any atom is -0.00135 e. The van der Waals surface area contributed by atoms with Gasteiger partial charge in [-0.05, 0) is 61.3 Å². The standard InChI is InChI=1S/C20H14.C13H10/c1-3-11-17-15(7-1)9-5-13-19(17)20-14-6-10-16-8-2-4-12-18(16)20;1-3-7-12-10(5-1)9-11-6-2-4-8-13(11)12/h1-14H;1-8H,9H2. The zero-order valence-corrected chi connectivity index (χ0v) is 18.4. The van der Waals surface area contributed by atoms with E-state index in [1.54, 1.807) is 0 Å². The number of fused-ring (bicyclic) bond motifs is 5. The molecule has 0 amide bonds. The second-order valence-electron chi connectivity index (χ2n) is 8.54. The number of hydrogen-bond donors (Lipinski definition) is 0. The van der Waals surface area contributed by atoms with Gasteiger partial charge in [-0.2, -0.15) is 0 Å². The highest BCUT2D eigenvalue weighted by Crippen LogP contribution is 2.36. The Balaban J connectivity index is 0.000000137. The molecule has 0 bridgehead atoms. The summed E-state index contributed by atoms with van der Waals surface area (Å²) in [5.74, 6) is 0. The van der Waals surface area contributed by atoms with E-state index < -0.39 is 0 Å². The Morgan fingerprint density at radius 2 is 0.667 bits per heavy atom. The molecule has 0 unspecified atom stereocenters. The van der Waals surface area contributed by atoms with Crippen LogP contribution in [0, 0.1) is 0 Å². The molecule has 0 atom stereocenters. The summed E-state index contributed by atoms with van der Waals surface area (Å²) >= 11 is 0. The van der Waals surface area contributed by atoms with Gasteiger partial charge in [0.05, 0.1) is 0 Å². The minimum Gasteiger partial charge on any atom is -0.0619 e. The van der Waals surface area contributed by atoms with Gasteiger partial charge in [0.25, 0.3) is 0 Å². The van der Waals surface area contributed by atoms with Gasteiger partial charge in [-0.1, -0.05) is 133 Å². The quantitative estimate of drug-likeness (QED) is 0.249. The Kier molecular flexibility index (Phi) is 4.97. The van der Waals surface area contributed by atoms with Crippen LogP contribution in [0.25, 0.3) is 43.8 Å². The summed E-state index contributed by atoms with van der Waals surface area (Å²) in [5.41, 5.74) is 8.36. The Morgan fingerprint density at radius 3 is 1.18 bits per heavy atom. The first-order valence-corrected chi connectivity index (χ1v) is 11.5. The Bertz CT molecular complexity index is 1460. The third-order valence-corrected chi connectivity index (χ3v) is 6.58. The predicted octanol–water partition coefficient (Wildman–Crippen LogP) is 8.92. The fraction of sp³-hybridized carbons (Fsp3) is 0.0303. The third kappa shape index (κ3) is 3.60. The van der Waals surface area contributed by atoms with Crippen LogP contribution >= 0.6 is 0 Å². The van der Waals surface area contributed by atoms with Crippen LogP contribution < -0.4 is 0 Å². The predicted molar refractivity (Wildman–Crippen MR) is 142 cm³/mol. The molecule has 0 saturated heterocycles. The van der Waals surface area contributed by atoms with Crippen molar-refractivity contribution in [3.8, 4) is 22.3 Å². The number of hydrogen-bond acceptors (Lipinski definition) is 0. The summed E-state index contributed by atoms with van der Waals surface area (Å²) in [4.78, 5) is 0. The molecule has 33 heavy (non-hydrogen) atoms. The summed E-state index contributed by atoms with van der Waals surface area (Å²) in [6.07, 6.45) is 1.10. The fourth-order valence-corrected chi connectivity index (χ4v) is 5.00. The molecule has 0 aromatic heterocycles. The van der Waals surface area contributed by atoms with E-state index in [0.717, 1.165) is 6.42 Å². The van der Waals surface area contributed by atoms with E-state index in [0.29, 0.717) is 0 Å². The summed E-state index contributed by atoms with van der Waals surface area (Å²) < 4.78 is 0. The average molecular weight is 421 g/mol. The van der Waals surface area contributed by atoms with Crippen molar-refractivity contribution in [3.63, 3.8) is 0 Å². The molecule has 0 spiro atoms. The SMILES string of the molecule is c1ccc2c(-c3cccc4ccccc34)cccc2c1.c1ccc2c(c1)Cc1ccccc1-2. The van der Waals surface area contributed by atoms with Crippen molar-refractivity contribution in [2.45, 2.75) is 6.42 Å². The summed E-state index contributed by atoms with van der Waals surface area (Å²) in [7, 11) is 0. The van der Waals surface area contributed by atoms with E-state index >= 15 is 0 Å². The molecule has 0 nitrogen and oxygen atoms in total. The highest BCUT2D eigenvalue weighted by atomic mass is 14.2. The molecular formula is C33H24. The van der Waals surface area contributed by atoms with Crippen molar-refractivity contribution in [1.29, 1.82) is 0 Å². The summed E-state index contributed by atoms with van der Waals surface area (Å²) in [6.45, 7) is 0. The van der Waals surface area contributed by atoms with Gasteiger partial charge < -0.3 is 0 Å². The van der Waals surface area contributed by atoms with Gasteiger partial charge in [-0.3, -0.25) is 0 Å². The lowest BCUT2D eigenvalue weighted by molar-refractivity contribution is 1.26. The average Bonchev–Trinajstić information content (AvgIpc) is 3.27. The van der Waals surface area contributed by atoms with Crippen LogP contribution in [0.1, 0.15) is 11.1 Å². The van der Waals surface area contributed by atoms with E-state index in [1.807, 2.05) is 0 Å². The van der Waals surface area contributed by atoms with E-state index in [-0.39, 0.29) is 0 Å². The molecule has 0 saturated carbocycles. The third-order valence-electron chi connectivity index (χ3n) is 6.58. The second-order valence-corrected chi connectivity index (χ2v) is 8.54. The topological polar surface area (TPSA) is 0 Å². The first-order chi connectivity index (χ1) is 16.4. The van der Waals surface area contributed by atoms with Crippen LogP contribution in [0.3, 0.4) is 0 Å². The molecule has 0 N–H and O–H groups in total. The van der Waals surface area contributed by atoms with Gasteiger partial charge >= 0.3 is 0 Å². The number of benzene rings is 6. The van der Waals surface area contributed by atoms with Gasteiger partial charge in [-0.15, -0.1) is 0 Å². The molecule has 7 rings (SSSR count). The van der Waals surface area contributed by atoms with E-state index in [4.69, 9.17) is 0 Å². The molecule has 6 aromatic rings. The van der Waals surface area contributed by atoms with E-state index in [1.165, 1.54) is 54.9 Å². The second kappa shape index (κ2) is 8.41. The van der Waals surface area contributed by atoms with Crippen LogP contribution in [-0.2, 0) is 6.42 Å². The molecule has 0 heteroatoms. The van der Waals surface area contributed by atoms with Gasteiger partial charge in [0.1, 0.15) is 0 Å². The van der Waals surface area contributed by atoms with Crippen molar-refractivity contribution in [3.05, 3.63) is 145 Å². The highest BCUT2D eigenvalue weighted by molar-refractivity contribution is 6.05. The van der Waals surface area contributed by atoms with Gasteiger partial charge in [0, 0.05) is 0 Å². The summed E-state index contributed by atoms with van der Waals surface area (Å²) in [6, 6.07) is 47.5. The van der Waals surface area contributed by atoms with Crippen molar-refractivity contribution < 1.29 is 0 Å². The number of rotatable bonds is 1. The van der Waals surface area contributed by atoms with Gasteiger partial charge in [0.15, 0.2) is 0 Å². The smallest absolute Gasteiger partial charge is 0.00135 e. The molecule has 1 aliphatic carbocycles. The zero-order valence-electron chi connectivity index (χ0n) is 18.4. The lowest BCUT2D eigenvalue weighted by Crippen LogP contribution is -1.83. The molecule has 0 aliphatic heterocycles. The minimum absolute atomic E-state index is 1.10. The highest BCUT2D eigenvalue weighted by Gasteiger charge is 2.15. The lowest BCUT2D eigenvalue weighted by Gasteiger charge is -2.10. The molecule has 0 fully saturated rings. The Labute approximate surface area is 194 Å². The zero-order chi connectivity index (χ0) is 22.0. The van der Waals surface area contributed by atoms with Crippen LogP contribution in [0.5, 0.6) is 0 Å². The van der Waals surface area contributed by atoms with Crippen LogP contribution in [0.2, 0.25) is 0 Å². The lowest BCUT2D eigenvalue weighted by atomic mass is 9.94. The fourth-order valence-electron chi connectivity index (χ4n) is 5.00. The Hall–Kier alpha value is -4.16. The van der Waals surface area contributed by atoms with Gasteiger partial charge in [0.2, 0.25) is 0 Å². The van der Waals surface area contributed by atoms with Crippen molar-refractivity contribution in [2.24, 2.45) is 0 Å². The van der Waals surface area contributed by atoms with Crippen LogP contribution in [0.4, 0.5) is 0 Å². The largest absolute Gasteiger partial charge is 0.0619 e. The Morgan fingerprint density at radius 1 is 0.303 bits per heavy atom. The maximum absolute atomic E-state index is 2.22. The molecular weight excluding hydrogens is 396 g/mol. The van der Waals surface area contributed by atoms with Crippen LogP contribution in [-0.4, -0.2) is 0 Å². The molecule has 156 valence electrons. The normalized spacial score (nSPS) is 11.5. The molecule has 0 radical (unpaired) electrons. The molecule has 0 heterocycles. The molecule has 6 aromatic carbocycles. The van der Waals surface area contributed by atoms with Crippen molar-refractivity contribution >= 4 is 21.5 Å². The van der Waals surface area contributed by atoms with Crippen LogP contribution in [0.15, 0.2) is 133 Å². The van der Waals surface area contributed by atoms with Crippen molar-refractivity contribution in [1.82, 2.24) is 0 Å². The monoisotopic (exact) mass is 420 g/mol. The van der Waals surface area contributed by atoms with Crippen molar-refractivity contribution in [2.75, 3.05) is 0 Å².